The molecule has 2 fully saturated rings. The van der Waals surface area contributed by atoms with Gasteiger partial charge in [-0.15, -0.1) is 5.10 Å². The highest BCUT2D eigenvalue weighted by atomic mass is 16.5. The first-order valence-corrected chi connectivity index (χ1v) is 13.1. The average molecular weight is 523 g/mol. The van der Waals surface area contributed by atoms with Gasteiger partial charge in [0.25, 0.3) is 11.8 Å². The summed E-state index contributed by atoms with van der Waals surface area (Å²) in [6.07, 6.45) is 2.97. The second kappa shape index (κ2) is 9.91. The summed E-state index contributed by atoms with van der Waals surface area (Å²) >= 11 is 0. The number of hydrogen-bond donors (Lipinski definition) is 2. The van der Waals surface area contributed by atoms with Gasteiger partial charge in [-0.25, -0.2) is 15.0 Å². The molecule has 0 spiro atoms. The van der Waals surface area contributed by atoms with Gasteiger partial charge in [-0.05, 0) is 18.9 Å². The Kier molecular flexibility index (Phi) is 5.97. The molecule has 0 bridgehead atoms. The molecule has 1 atom stereocenters. The molecule has 0 radical (unpaired) electrons. The molecule has 2 aromatic carbocycles. The Morgan fingerprint density at radius 3 is 2.56 bits per heavy atom. The van der Waals surface area contributed by atoms with Crippen molar-refractivity contribution in [3.05, 3.63) is 77.7 Å². The molecule has 4 aromatic rings. The van der Waals surface area contributed by atoms with Crippen LogP contribution in [0.25, 0.3) is 11.5 Å². The van der Waals surface area contributed by atoms with E-state index in [9.17, 15) is 4.79 Å². The zero-order valence-corrected chi connectivity index (χ0v) is 21.1. The Labute approximate surface area is 224 Å². The molecule has 3 aliphatic rings. The van der Waals surface area contributed by atoms with Gasteiger partial charge < -0.3 is 24.7 Å². The predicted octanol–water partition coefficient (Wildman–Crippen LogP) is 3.47. The summed E-state index contributed by atoms with van der Waals surface area (Å²) in [4.78, 5) is 29.6. The number of aliphatic imine (C=N–C) groups is 1. The summed E-state index contributed by atoms with van der Waals surface area (Å²) in [7, 11) is 0. The Morgan fingerprint density at radius 2 is 1.74 bits per heavy atom. The fourth-order valence-electron chi connectivity index (χ4n) is 4.78. The molecule has 4 heterocycles. The van der Waals surface area contributed by atoms with Crippen molar-refractivity contribution >= 4 is 29.1 Å². The minimum atomic E-state index is -0.992. The van der Waals surface area contributed by atoms with Crippen molar-refractivity contribution in [1.29, 1.82) is 0 Å². The lowest BCUT2D eigenvalue weighted by Gasteiger charge is -2.29. The third kappa shape index (κ3) is 4.72. The van der Waals surface area contributed by atoms with E-state index in [0.29, 0.717) is 49.2 Å². The molecule has 11 nitrogen and oxygen atoms in total. The maximum Gasteiger partial charge on any atom is 0.317 e. The minimum absolute atomic E-state index is 0.0754. The van der Waals surface area contributed by atoms with Crippen molar-refractivity contribution < 1.29 is 13.9 Å². The van der Waals surface area contributed by atoms with Crippen LogP contribution in [0, 0.1) is 0 Å². The topological polar surface area (TPSA) is 131 Å². The summed E-state index contributed by atoms with van der Waals surface area (Å²) in [6, 6.07) is 17.4. The van der Waals surface area contributed by atoms with E-state index in [1.807, 2.05) is 54.6 Å². The van der Waals surface area contributed by atoms with Gasteiger partial charge in [0.05, 0.1) is 30.2 Å². The van der Waals surface area contributed by atoms with Crippen LogP contribution in [0.2, 0.25) is 0 Å². The van der Waals surface area contributed by atoms with Crippen LogP contribution in [-0.4, -0.2) is 64.3 Å². The molecule has 196 valence electrons. The maximum absolute atomic E-state index is 13.2. The molecule has 1 aliphatic carbocycles. The number of rotatable bonds is 6. The van der Waals surface area contributed by atoms with Crippen LogP contribution in [0.3, 0.4) is 0 Å². The number of anilines is 3. The average Bonchev–Trinajstić information content (AvgIpc) is 3.76. The largest absolute Gasteiger partial charge is 0.403 e. The fourth-order valence-corrected chi connectivity index (χ4v) is 4.78. The first kappa shape index (κ1) is 23.5. The summed E-state index contributed by atoms with van der Waals surface area (Å²) in [5.74, 6) is 1.95. The Bertz CT molecular complexity index is 1540. The van der Waals surface area contributed by atoms with Crippen LogP contribution in [0.1, 0.15) is 35.7 Å². The maximum atomic E-state index is 13.2. The molecular weight excluding hydrogens is 496 g/mol. The highest BCUT2D eigenvalue weighted by Gasteiger charge is 2.31. The third-order valence-electron chi connectivity index (χ3n) is 6.95. The van der Waals surface area contributed by atoms with Crippen LogP contribution in [-0.2, 0) is 9.53 Å². The van der Waals surface area contributed by atoms with Gasteiger partial charge >= 0.3 is 6.01 Å². The quantitative estimate of drug-likeness (QED) is 0.391. The lowest BCUT2D eigenvalue weighted by atomic mass is 10.0. The number of para-hydroxylation sites is 1. The summed E-state index contributed by atoms with van der Waals surface area (Å²) < 4.78 is 11.5. The minimum Gasteiger partial charge on any atom is -0.403 e. The van der Waals surface area contributed by atoms with Gasteiger partial charge in [0, 0.05) is 36.3 Å². The van der Waals surface area contributed by atoms with E-state index in [4.69, 9.17) is 19.1 Å². The fraction of sp³-hybridized carbons (Fsp3) is 0.286. The van der Waals surface area contributed by atoms with Crippen LogP contribution in [0.4, 0.5) is 17.5 Å². The van der Waals surface area contributed by atoms with Crippen molar-refractivity contribution in [2.45, 2.75) is 24.9 Å². The van der Waals surface area contributed by atoms with Crippen molar-refractivity contribution in [2.75, 3.05) is 41.8 Å². The third-order valence-corrected chi connectivity index (χ3v) is 6.95. The van der Waals surface area contributed by atoms with Crippen molar-refractivity contribution in [3.8, 4) is 11.5 Å². The molecule has 39 heavy (non-hydrogen) atoms. The molecule has 1 saturated heterocycles. The van der Waals surface area contributed by atoms with E-state index in [1.54, 1.807) is 6.20 Å². The van der Waals surface area contributed by atoms with E-state index < -0.39 is 6.17 Å². The van der Waals surface area contributed by atoms with E-state index in [0.717, 1.165) is 35.6 Å². The zero-order chi connectivity index (χ0) is 26.2. The van der Waals surface area contributed by atoms with E-state index in [1.165, 1.54) is 0 Å². The zero-order valence-electron chi connectivity index (χ0n) is 21.1. The Morgan fingerprint density at radius 1 is 0.949 bits per heavy atom. The molecule has 11 heteroatoms. The normalized spacial score (nSPS) is 19.1. The number of ether oxygens (including phenoxy) is 1. The van der Waals surface area contributed by atoms with E-state index >= 15 is 0 Å². The van der Waals surface area contributed by atoms with Crippen LogP contribution in [0.5, 0.6) is 0 Å². The number of aromatic nitrogens is 4. The summed E-state index contributed by atoms with van der Waals surface area (Å²) in [5.41, 5.74) is 3.73. The number of fused-ring (bicyclic) bond motifs is 1. The number of nitrogens with zero attached hydrogens (tertiary/aromatic N) is 6. The smallest absolute Gasteiger partial charge is 0.317 e. The van der Waals surface area contributed by atoms with Gasteiger partial charge in [-0.2, -0.15) is 0 Å². The number of carbonyl (C=O) groups excluding carboxylic acids is 1. The molecular formula is C28H26N8O3. The molecule has 1 amide bonds. The highest BCUT2D eigenvalue weighted by molar-refractivity contribution is 6.19. The molecule has 2 aliphatic heterocycles. The van der Waals surface area contributed by atoms with Crippen LogP contribution < -0.4 is 15.5 Å². The van der Waals surface area contributed by atoms with Crippen LogP contribution >= 0.6 is 0 Å². The van der Waals surface area contributed by atoms with Crippen molar-refractivity contribution in [3.63, 3.8) is 0 Å². The predicted molar refractivity (Wildman–Crippen MR) is 145 cm³/mol. The van der Waals surface area contributed by atoms with Gasteiger partial charge in [-0.3, -0.25) is 4.79 Å². The van der Waals surface area contributed by atoms with Crippen molar-refractivity contribution in [1.82, 2.24) is 20.2 Å². The second-order valence-corrected chi connectivity index (χ2v) is 9.68. The molecule has 7 rings (SSSR count). The SMILES string of the molecule is O=C1Nc2ccccc2C(c2ccccc2)=N[C@@H]1Nc1nnc(-c2cnc(C3CC3)nc2N2CCOCC2)o1. The van der Waals surface area contributed by atoms with Gasteiger partial charge in [-0.1, -0.05) is 53.6 Å². The number of nitrogens with one attached hydrogen (secondary N) is 2. The molecule has 0 unspecified atom stereocenters. The summed E-state index contributed by atoms with van der Waals surface area (Å²) in [6.45, 7) is 2.68. The number of carbonyl (C=O) groups is 1. The van der Waals surface area contributed by atoms with E-state index in [2.05, 4.69) is 30.7 Å². The molecule has 2 aromatic heterocycles. The number of hydrogen-bond acceptors (Lipinski definition) is 10. The standard InChI is InChI=1S/C28H26N8O3/c37-26-24(31-22(17-6-2-1-3-7-17)19-8-4-5-9-21(19)30-26)33-28-35-34-27(39-28)20-16-29-23(18-10-11-18)32-25(20)36-12-14-38-15-13-36/h1-9,16,18,24H,10-15H2,(H,30,37)(H,33,35)/t24-/m1/s1. The number of benzodiazepines with no additional fused rings is 1. The van der Waals surface area contributed by atoms with Crippen LogP contribution in [0.15, 0.2) is 70.2 Å². The first-order chi connectivity index (χ1) is 19.2. The van der Waals surface area contributed by atoms with Crippen molar-refractivity contribution in [2.24, 2.45) is 4.99 Å². The molecule has 2 N–H and O–H groups in total. The monoisotopic (exact) mass is 522 g/mol. The van der Waals surface area contributed by atoms with Gasteiger partial charge in [0.15, 0.2) is 0 Å². The summed E-state index contributed by atoms with van der Waals surface area (Å²) in [5, 5.41) is 14.4. The first-order valence-electron chi connectivity index (χ1n) is 13.1. The number of amides is 1. The highest BCUT2D eigenvalue weighted by Crippen LogP contribution is 2.40. The lowest BCUT2D eigenvalue weighted by Crippen LogP contribution is -2.37. The lowest BCUT2D eigenvalue weighted by molar-refractivity contribution is -0.116. The number of morpholine rings is 1. The van der Waals surface area contributed by atoms with Gasteiger partial charge in [0.1, 0.15) is 11.6 Å². The molecule has 1 saturated carbocycles. The number of benzene rings is 2. The Balaban J connectivity index is 1.21. The second-order valence-electron chi connectivity index (χ2n) is 9.68. The van der Waals surface area contributed by atoms with Gasteiger partial charge in [0.2, 0.25) is 6.17 Å². The van der Waals surface area contributed by atoms with E-state index in [-0.39, 0.29) is 17.8 Å². The Hall–Kier alpha value is -4.64.